The molecule has 5 rings (SSSR count). The van der Waals surface area contributed by atoms with E-state index in [1.54, 1.807) is 0 Å². The van der Waals surface area contributed by atoms with Gasteiger partial charge in [0.25, 0.3) is 5.91 Å². The molecule has 3 fully saturated rings. The van der Waals surface area contributed by atoms with Gasteiger partial charge in [0.05, 0.1) is 18.0 Å². The number of hydrogen-bond donors (Lipinski definition) is 2. The number of nitrogens with zero attached hydrogens (tertiary/aromatic N) is 2. The molecule has 2 aromatic rings. The second-order valence-electron chi connectivity index (χ2n) is 7.89. The highest BCUT2D eigenvalue weighted by molar-refractivity contribution is 6.05. The summed E-state index contributed by atoms with van der Waals surface area (Å²) in [4.78, 5) is 27.2. The lowest BCUT2D eigenvalue weighted by Crippen LogP contribution is -2.57. The summed E-state index contributed by atoms with van der Waals surface area (Å²) in [6.07, 6.45) is 2.33. The molecule has 1 aromatic heterocycles. The van der Waals surface area contributed by atoms with Gasteiger partial charge in [0.2, 0.25) is 0 Å². The highest BCUT2D eigenvalue weighted by Gasteiger charge is 2.35. The highest BCUT2D eigenvalue weighted by atomic mass is 16.5. The van der Waals surface area contributed by atoms with Gasteiger partial charge in [-0.05, 0) is 63.4 Å². The van der Waals surface area contributed by atoms with Crippen molar-refractivity contribution in [2.24, 2.45) is 5.92 Å². The third kappa shape index (κ3) is 3.83. The van der Waals surface area contributed by atoms with Crippen LogP contribution in [0, 0.1) is 5.92 Å². The summed E-state index contributed by atoms with van der Waals surface area (Å²) < 4.78 is 5.21. The van der Waals surface area contributed by atoms with Gasteiger partial charge in [0, 0.05) is 18.0 Å². The largest absolute Gasteiger partial charge is 0.463 e. The van der Waals surface area contributed by atoms with Crippen molar-refractivity contribution in [2.45, 2.75) is 45.3 Å². The van der Waals surface area contributed by atoms with Crippen molar-refractivity contribution in [1.82, 2.24) is 20.4 Å². The quantitative estimate of drug-likeness (QED) is 0.785. The van der Waals surface area contributed by atoms with Crippen molar-refractivity contribution in [3.8, 4) is 0 Å². The predicted molar refractivity (Wildman–Crippen MR) is 101 cm³/mol. The van der Waals surface area contributed by atoms with E-state index in [0.717, 1.165) is 48.9 Å². The number of aromatic amines is 1. The number of benzene rings is 1. The van der Waals surface area contributed by atoms with Crippen LogP contribution >= 0.6 is 0 Å². The molecule has 3 saturated heterocycles. The third-order valence-electron chi connectivity index (χ3n) is 5.53. The molecule has 2 bridgehead atoms. The smallest absolute Gasteiger partial charge is 0.310 e. The number of carbonyl (C=O) groups is 2. The number of H-pyrrole nitrogens is 1. The van der Waals surface area contributed by atoms with E-state index >= 15 is 0 Å². The van der Waals surface area contributed by atoms with E-state index in [1.807, 2.05) is 32.0 Å². The Morgan fingerprint density at radius 2 is 2.11 bits per heavy atom. The molecule has 0 radical (unpaired) electrons. The van der Waals surface area contributed by atoms with E-state index < -0.39 is 0 Å². The first-order chi connectivity index (χ1) is 13.0. The zero-order chi connectivity index (χ0) is 19.0. The maximum atomic E-state index is 12.8. The van der Waals surface area contributed by atoms with E-state index in [1.165, 1.54) is 0 Å². The molecule has 27 heavy (non-hydrogen) atoms. The first-order valence-electron chi connectivity index (χ1n) is 9.69. The lowest BCUT2D eigenvalue weighted by atomic mass is 9.84. The summed E-state index contributed by atoms with van der Waals surface area (Å²) in [6, 6.07) is 5.75. The van der Waals surface area contributed by atoms with Crippen LogP contribution in [0.25, 0.3) is 10.9 Å². The maximum Gasteiger partial charge on any atom is 0.310 e. The summed E-state index contributed by atoms with van der Waals surface area (Å²) in [6.45, 7) is 6.85. The van der Waals surface area contributed by atoms with Crippen molar-refractivity contribution in [3.05, 3.63) is 29.5 Å². The SMILES string of the molecule is CC(C)OC(=O)Cc1ccc2[nH]nc(C(=O)N[C@H]3CN4CCC3CC4)c2c1. The van der Waals surface area contributed by atoms with Gasteiger partial charge < -0.3 is 15.0 Å². The molecule has 7 nitrogen and oxygen atoms in total. The van der Waals surface area contributed by atoms with Crippen molar-refractivity contribution < 1.29 is 14.3 Å². The molecule has 7 heteroatoms. The van der Waals surface area contributed by atoms with Gasteiger partial charge in [0.1, 0.15) is 0 Å². The van der Waals surface area contributed by atoms with Crippen molar-refractivity contribution >= 4 is 22.8 Å². The van der Waals surface area contributed by atoms with Crippen LogP contribution in [0.5, 0.6) is 0 Å². The zero-order valence-corrected chi connectivity index (χ0v) is 15.8. The fraction of sp³-hybridized carbons (Fsp3) is 0.550. The topological polar surface area (TPSA) is 87.3 Å². The van der Waals surface area contributed by atoms with Gasteiger partial charge in [-0.15, -0.1) is 0 Å². The Morgan fingerprint density at radius 3 is 2.78 bits per heavy atom. The normalized spacial score (nSPS) is 24.3. The average Bonchev–Trinajstić information content (AvgIpc) is 3.05. The number of hydrogen-bond acceptors (Lipinski definition) is 5. The summed E-state index contributed by atoms with van der Waals surface area (Å²) in [5.41, 5.74) is 1.99. The van der Waals surface area contributed by atoms with Gasteiger partial charge in [-0.3, -0.25) is 14.7 Å². The predicted octanol–water partition coefficient (Wildman–Crippen LogP) is 1.88. The molecule has 1 amide bonds. The van der Waals surface area contributed by atoms with Gasteiger partial charge in [0.15, 0.2) is 5.69 Å². The highest BCUT2D eigenvalue weighted by Crippen LogP contribution is 2.28. The number of rotatable bonds is 5. The van der Waals surface area contributed by atoms with Crippen LogP contribution in [0.3, 0.4) is 0 Å². The van der Waals surface area contributed by atoms with Crippen LogP contribution in [-0.2, 0) is 16.0 Å². The number of nitrogens with one attached hydrogen (secondary N) is 2. The molecule has 3 aliphatic heterocycles. The van der Waals surface area contributed by atoms with E-state index in [0.29, 0.717) is 11.6 Å². The van der Waals surface area contributed by atoms with Crippen LogP contribution in [0.1, 0.15) is 42.7 Å². The number of carbonyl (C=O) groups excluding carboxylic acids is 2. The molecule has 1 atom stereocenters. The van der Waals surface area contributed by atoms with Crippen molar-refractivity contribution in [1.29, 1.82) is 0 Å². The Kier molecular flexibility index (Phi) is 4.86. The Balaban J connectivity index is 1.50. The monoisotopic (exact) mass is 370 g/mol. The molecular formula is C20H26N4O3. The van der Waals surface area contributed by atoms with Crippen LogP contribution in [0.2, 0.25) is 0 Å². The molecule has 0 spiro atoms. The standard InChI is InChI=1S/C20H26N4O3/c1-12(2)27-18(25)10-13-3-4-16-15(9-13)19(23-22-16)20(26)21-17-11-24-7-5-14(17)6-8-24/h3-4,9,12,14,17H,5-8,10-11H2,1-2H3,(H,21,26)(H,22,23)/t17-/m0/s1. The molecule has 1 aromatic carbocycles. The third-order valence-corrected chi connectivity index (χ3v) is 5.53. The molecule has 4 heterocycles. The van der Waals surface area contributed by atoms with E-state index in [-0.39, 0.29) is 30.4 Å². The summed E-state index contributed by atoms with van der Waals surface area (Å²) in [7, 11) is 0. The minimum Gasteiger partial charge on any atom is -0.463 e. The second kappa shape index (κ2) is 7.31. The maximum absolute atomic E-state index is 12.8. The van der Waals surface area contributed by atoms with Crippen LogP contribution < -0.4 is 5.32 Å². The molecule has 0 aliphatic carbocycles. The molecule has 144 valence electrons. The van der Waals surface area contributed by atoms with E-state index in [9.17, 15) is 9.59 Å². The molecular weight excluding hydrogens is 344 g/mol. The molecule has 0 unspecified atom stereocenters. The Morgan fingerprint density at radius 1 is 1.33 bits per heavy atom. The number of aromatic nitrogens is 2. The Hall–Kier alpha value is -2.41. The van der Waals surface area contributed by atoms with Crippen LogP contribution in [0.15, 0.2) is 18.2 Å². The number of amides is 1. The Labute approximate surface area is 158 Å². The molecule has 0 saturated carbocycles. The van der Waals surface area contributed by atoms with E-state index in [4.69, 9.17) is 4.74 Å². The summed E-state index contributed by atoms with van der Waals surface area (Å²) in [5.74, 6) is 0.138. The number of esters is 1. The minimum atomic E-state index is -0.272. The average molecular weight is 370 g/mol. The fourth-order valence-electron chi connectivity index (χ4n) is 4.18. The fourth-order valence-corrected chi connectivity index (χ4v) is 4.18. The van der Waals surface area contributed by atoms with Crippen molar-refractivity contribution in [3.63, 3.8) is 0 Å². The number of ether oxygens (including phenoxy) is 1. The number of fused-ring (bicyclic) bond motifs is 4. The minimum absolute atomic E-state index is 0.141. The van der Waals surface area contributed by atoms with Gasteiger partial charge in [-0.2, -0.15) is 5.10 Å². The second-order valence-corrected chi connectivity index (χ2v) is 7.89. The van der Waals surface area contributed by atoms with Crippen molar-refractivity contribution in [2.75, 3.05) is 19.6 Å². The van der Waals surface area contributed by atoms with E-state index in [2.05, 4.69) is 20.4 Å². The molecule has 3 aliphatic rings. The summed E-state index contributed by atoms with van der Waals surface area (Å²) in [5, 5.41) is 11.1. The summed E-state index contributed by atoms with van der Waals surface area (Å²) >= 11 is 0. The Bertz CT molecular complexity index is 852. The van der Waals surface area contributed by atoms with Gasteiger partial charge in [-0.25, -0.2) is 0 Å². The number of piperidine rings is 3. The first kappa shape index (κ1) is 18.0. The van der Waals surface area contributed by atoms with Crippen LogP contribution in [0.4, 0.5) is 0 Å². The zero-order valence-electron chi connectivity index (χ0n) is 15.8. The van der Waals surface area contributed by atoms with Crippen LogP contribution in [-0.4, -0.2) is 58.8 Å². The lowest BCUT2D eigenvalue weighted by Gasteiger charge is -2.44. The molecule has 2 N–H and O–H groups in total. The van der Waals surface area contributed by atoms with Gasteiger partial charge in [-0.1, -0.05) is 6.07 Å². The van der Waals surface area contributed by atoms with Gasteiger partial charge >= 0.3 is 5.97 Å². The lowest BCUT2D eigenvalue weighted by molar-refractivity contribution is -0.146. The first-order valence-corrected chi connectivity index (χ1v) is 9.69.